The van der Waals surface area contributed by atoms with E-state index < -0.39 is 5.97 Å². The number of hydrogen-bond donors (Lipinski definition) is 3. The van der Waals surface area contributed by atoms with E-state index in [-0.39, 0.29) is 17.0 Å². The Kier molecular flexibility index (Phi) is 2.41. The van der Waals surface area contributed by atoms with Gasteiger partial charge < -0.3 is 15.9 Å². The SMILES string of the molecule is CCc1c(O)cc(N)cc1C(=O)O. The first kappa shape index (κ1) is 9.38. The fraction of sp³-hybridized carbons (Fsp3) is 0.222. The number of aromatic carboxylic acids is 1. The van der Waals surface area contributed by atoms with E-state index in [1.165, 1.54) is 12.1 Å². The molecular weight excluding hydrogens is 170 g/mol. The number of phenols is 1. The van der Waals surface area contributed by atoms with Gasteiger partial charge in [-0.3, -0.25) is 0 Å². The first-order valence-corrected chi connectivity index (χ1v) is 3.91. The number of nitrogens with two attached hydrogens (primary N) is 1. The second-order valence-corrected chi connectivity index (χ2v) is 2.72. The average molecular weight is 181 g/mol. The Morgan fingerprint density at radius 3 is 2.62 bits per heavy atom. The van der Waals surface area contributed by atoms with Gasteiger partial charge in [0.1, 0.15) is 5.75 Å². The van der Waals surface area contributed by atoms with Gasteiger partial charge in [0.2, 0.25) is 0 Å². The van der Waals surface area contributed by atoms with Crippen molar-refractivity contribution in [2.24, 2.45) is 0 Å². The summed E-state index contributed by atoms with van der Waals surface area (Å²) >= 11 is 0. The lowest BCUT2D eigenvalue weighted by atomic mass is 10.0. The summed E-state index contributed by atoms with van der Waals surface area (Å²) in [6, 6.07) is 2.70. The molecule has 1 rings (SSSR count). The van der Waals surface area contributed by atoms with Crippen LogP contribution in [0.2, 0.25) is 0 Å². The number of anilines is 1. The highest BCUT2D eigenvalue weighted by Gasteiger charge is 2.13. The van der Waals surface area contributed by atoms with Crippen LogP contribution in [0.1, 0.15) is 22.8 Å². The Morgan fingerprint density at radius 1 is 1.54 bits per heavy atom. The molecule has 1 aromatic carbocycles. The molecule has 0 bridgehead atoms. The van der Waals surface area contributed by atoms with Gasteiger partial charge in [-0.05, 0) is 12.5 Å². The molecule has 70 valence electrons. The van der Waals surface area contributed by atoms with Crippen molar-refractivity contribution in [2.45, 2.75) is 13.3 Å². The van der Waals surface area contributed by atoms with E-state index in [4.69, 9.17) is 10.8 Å². The lowest BCUT2D eigenvalue weighted by Gasteiger charge is -2.07. The fourth-order valence-corrected chi connectivity index (χ4v) is 1.24. The Morgan fingerprint density at radius 2 is 2.15 bits per heavy atom. The predicted octanol–water partition coefficient (Wildman–Crippen LogP) is 1.24. The van der Waals surface area contributed by atoms with Crippen molar-refractivity contribution in [1.29, 1.82) is 0 Å². The Labute approximate surface area is 75.6 Å². The highest BCUT2D eigenvalue weighted by molar-refractivity contribution is 5.91. The summed E-state index contributed by atoms with van der Waals surface area (Å²) in [7, 11) is 0. The largest absolute Gasteiger partial charge is 0.508 e. The van der Waals surface area contributed by atoms with Crippen LogP contribution in [0, 0.1) is 0 Å². The normalized spacial score (nSPS) is 9.92. The molecule has 0 atom stereocenters. The summed E-state index contributed by atoms with van der Waals surface area (Å²) in [5.41, 5.74) is 6.14. The van der Waals surface area contributed by atoms with Gasteiger partial charge >= 0.3 is 5.97 Å². The van der Waals surface area contributed by atoms with Crippen molar-refractivity contribution < 1.29 is 15.0 Å². The van der Waals surface area contributed by atoms with E-state index in [2.05, 4.69) is 0 Å². The molecular formula is C9H11NO3. The van der Waals surface area contributed by atoms with Gasteiger partial charge in [-0.1, -0.05) is 6.92 Å². The smallest absolute Gasteiger partial charge is 0.336 e. The maximum Gasteiger partial charge on any atom is 0.336 e. The van der Waals surface area contributed by atoms with Crippen LogP contribution in [0.4, 0.5) is 5.69 Å². The van der Waals surface area contributed by atoms with E-state index in [9.17, 15) is 9.90 Å². The van der Waals surface area contributed by atoms with E-state index in [0.717, 1.165) is 0 Å². The zero-order chi connectivity index (χ0) is 10.0. The topological polar surface area (TPSA) is 83.5 Å². The highest BCUT2D eigenvalue weighted by Crippen LogP contribution is 2.25. The quantitative estimate of drug-likeness (QED) is 0.599. The Balaban J connectivity index is 3.38. The van der Waals surface area contributed by atoms with Crippen molar-refractivity contribution in [3.63, 3.8) is 0 Å². The number of benzene rings is 1. The highest BCUT2D eigenvalue weighted by atomic mass is 16.4. The minimum absolute atomic E-state index is 0.0556. The van der Waals surface area contributed by atoms with Crippen LogP contribution in [0.15, 0.2) is 12.1 Å². The second kappa shape index (κ2) is 3.35. The molecule has 0 heterocycles. The second-order valence-electron chi connectivity index (χ2n) is 2.72. The summed E-state index contributed by atoms with van der Waals surface area (Å²) in [5, 5.41) is 18.2. The Bertz CT molecular complexity index is 347. The van der Waals surface area contributed by atoms with Crippen molar-refractivity contribution in [1.82, 2.24) is 0 Å². The lowest BCUT2D eigenvalue weighted by Crippen LogP contribution is -2.03. The van der Waals surface area contributed by atoms with Crippen LogP contribution in [0.3, 0.4) is 0 Å². The molecule has 4 N–H and O–H groups in total. The number of carboxylic acids is 1. The lowest BCUT2D eigenvalue weighted by molar-refractivity contribution is 0.0695. The van der Waals surface area contributed by atoms with Crippen LogP contribution in [-0.4, -0.2) is 16.2 Å². The molecule has 13 heavy (non-hydrogen) atoms. The third kappa shape index (κ3) is 1.72. The molecule has 0 radical (unpaired) electrons. The number of aromatic hydroxyl groups is 1. The number of carboxylic acid groups (broad SMARTS) is 1. The molecule has 4 heteroatoms. The van der Waals surface area contributed by atoms with E-state index in [1.807, 2.05) is 0 Å². The molecule has 0 aliphatic rings. The minimum Gasteiger partial charge on any atom is -0.508 e. The van der Waals surface area contributed by atoms with E-state index in [1.54, 1.807) is 6.92 Å². The molecule has 0 fully saturated rings. The number of rotatable bonds is 2. The first-order chi connectivity index (χ1) is 6.06. The average Bonchev–Trinajstić information content (AvgIpc) is 2.02. The molecule has 0 aromatic heterocycles. The molecule has 1 aromatic rings. The maximum absolute atomic E-state index is 10.7. The van der Waals surface area contributed by atoms with Crippen LogP contribution < -0.4 is 5.73 Å². The van der Waals surface area contributed by atoms with Crippen LogP contribution >= 0.6 is 0 Å². The summed E-state index contributed by atoms with van der Waals surface area (Å²) < 4.78 is 0. The van der Waals surface area contributed by atoms with Crippen LogP contribution in [0.5, 0.6) is 5.75 Å². The van der Waals surface area contributed by atoms with Crippen molar-refractivity contribution in [3.8, 4) is 5.75 Å². The molecule has 0 unspecified atom stereocenters. The van der Waals surface area contributed by atoms with Crippen molar-refractivity contribution in [3.05, 3.63) is 23.3 Å². The third-order valence-electron chi connectivity index (χ3n) is 1.83. The molecule has 0 saturated carbocycles. The zero-order valence-electron chi connectivity index (χ0n) is 7.24. The number of phenolic OH excluding ortho intramolecular Hbond substituents is 1. The van der Waals surface area contributed by atoms with E-state index in [0.29, 0.717) is 12.0 Å². The first-order valence-electron chi connectivity index (χ1n) is 3.91. The molecule has 0 aliphatic heterocycles. The summed E-state index contributed by atoms with van der Waals surface area (Å²) in [6.45, 7) is 1.78. The number of nitrogen functional groups attached to an aromatic ring is 1. The standard InChI is InChI=1S/C9H11NO3/c1-2-6-7(9(12)13)3-5(10)4-8(6)11/h3-4,11H,2,10H2,1H3,(H,12,13). The van der Waals surface area contributed by atoms with Gasteiger partial charge in [0, 0.05) is 17.3 Å². The molecule has 0 amide bonds. The molecule has 0 saturated heterocycles. The van der Waals surface area contributed by atoms with Gasteiger partial charge in [0.25, 0.3) is 0 Å². The van der Waals surface area contributed by atoms with Gasteiger partial charge in [-0.15, -0.1) is 0 Å². The fourth-order valence-electron chi connectivity index (χ4n) is 1.24. The monoisotopic (exact) mass is 181 g/mol. The Hall–Kier alpha value is -1.71. The van der Waals surface area contributed by atoms with Crippen LogP contribution in [-0.2, 0) is 6.42 Å². The third-order valence-corrected chi connectivity index (χ3v) is 1.83. The minimum atomic E-state index is -1.07. The predicted molar refractivity (Wildman–Crippen MR) is 48.9 cm³/mol. The number of hydrogen-bond acceptors (Lipinski definition) is 3. The van der Waals surface area contributed by atoms with Gasteiger partial charge in [-0.25, -0.2) is 4.79 Å². The summed E-state index contributed by atoms with van der Waals surface area (Å²) in [4.78, 5) is 10.7. The molecule has 0 aliphatic carbocycles. The van der Waals surface area contributed by atoms with Crippen molar-refractivity contribution in [2.75, 3.05) is 5.73 Å². The van der Waals surface area contributed by atoms with E-state index >= 15 is 0 Å². The van der Waals surface area contributed by atoms with Crippen LogP contribution in [0.25, 0.3) is 0 Å². The van der Waals surface area contributed by atoms with Gasteiger partial charge in [0.05, 0.1) is 5.56 Å². The maximum atomic E-state index is 10.7. The zero-order valence-corrected chi connectivity index (χ0v) is 7.24. The molecule has 0 spiro atoms. The molecule has 4 nitrogen and oxygen atoms in total. The van der Waals surface area contributed by atoms with Gasteiger partial charge in [-0.2, -0.15) is 0 Å². The summed E-state index contributed by atoms with van der Waals surface area (Å²) in [5.74, 6) is -1.13. The van der Waals surface area contributed by atoms with Crippen molar-refractivity contribution >= 4 is 11.7 Å². The van der Waals surface area contributed by atoms with Gasteiger partial charge in [0.15, 0.2) is 0 Å². The number of carbonyl (C=O) groups is 1. The summed E-state index contributed by atoms with van der Waals surface area (Å²) in [6.07, 6.45) is 0.466.